The van der Waals surface area contributed by atoms with E-state index in [-0.39, 0.29) is 11.2 Å². The van der Waals surface area contributed by atoms with Gasteiger partial charge in [-0.2, -0.15) is 0 Å². The van der Waals surface area contributed by atoms with Gasteiger partial charge < -0.3 is 0 Å². The van der Waals surface area contributed by atoms with Crippen LogP contribution in [0.3, 0.4) is 0 Å². The highest BCUT2D eigenvalue weighted by molar-refractivity contribution is 7.90. The Morgan fingerprint density at radius 2 is 1.62 bits per heavy atom. The molecule has 0 N–H and O–H groups in total. The number of rotatable bonds is 3. The highest BCUT2D eigenvalue weighted by Crippen LogP contribution is 2.37. The number of sulfone groups is 1. The second-order valence-corrected chi connectivity index (χ2v) is 8.44. The van der Waals surface area contributed by atoms with Crippen LogP contribution in [0, 0.1) is 5.82 Å². The molecule has 3 rings (SSSR count). The molecule has 1 atom stereocenters. The molecule has 0 radical (unpaired) electrons. The lowest BCUT2D eigenvalue weighted by atomic mass is 9.75. The summed E-state index contributed by atoms with van der Waals surface area (Å²) in [6.45, 7) is 2.12. The number of hydrogen-bond acceptors (Lipinski definition) is 2. The minimum absolute atomic E-state index is 0.215. The Labute approximate surface area is 142 Å². The predicted octanol–water partition coefficient (Wildman–Crippen LogP) is 4.53. The Balaban J connectivity index is 1.97. The van der Waals surface area contributed by atoms with Gasteiger partial charge >= 0.3 is 0 Å². The second kappa shape index (κ2) is 6.02. The fourth-order valence-electron chi connectivity index (χ4n) is 2.99. The molecule has 0 spiro atoms. The standard InChI is InChI=1S/C20H19FO2S/c1-20(17-7-9-18(21)10-8-17)13-3-4-16(14-20)15-5-11-19(12-6-15)24(2,22)23/h3-12,14H,13H2,1-2H3. The van der Waals surface area contributed by atoms with E-state index in [4.69, 9.17) is 0 Å². The molecule has 0 aromatic heterocycles. The third-order valence-corrected chi connectivity index (χ3v) is 5.56. The van der Waals surface area contributed by atoms with Crippen LogP contribution in [0.1, 0.15) is 24.5 Å². The van der Waals surface area contributed by atoms with Crippen LogP contribution in [0.25, 0.3) is 5.57 Å². The number of hydrogen-bond donors (Lipinski definition) is 0. The molecule has 4 heteroatoms. The van der Waals surface area contributed by atoms with Crippen LogP contribution in [0.15, 0.2) is 71.7 Å². The molecule has 2 nitrogen and oxygen atoms in total. The van der Waals surface area contributed by atoms with E-state index < -0.39 is 9.84 Å². The topological polar surface area (TPSA) is 34.1 Å². The van der Waals surface area contributed by atoms with Crippen LogP contribution in [0.5, 0.6) is 0 Å². The van der Waals surface area contributed by atoms with Crippen molar-refractivity contribution in [3.05, 3.63) is 83.7 Å². The number of allylic oxidation sites excluding steroid dienone is 4. The molecule has 1 aliphatic rings. The van der Waals surface area contributed by atoms with E-state index in [0.717, 1.165) is 23.1 Å². The summed E-state index contributed by atoms with van der Waals surface area (Å²) in [5, 5.41) is 0. The molecule has 0 aliphatic heterocycles. The second-order valence-electron chi connectivity index (χ2n) is 6.43. The van der Waals surface area contributed by atoms with E-state index in [1.807, 2.05) is 30.3 Å². The zero-order valence-corrected chi connectivity index (χ0v) is 14.5. The van der Waals surface area contributed by atoms with Gasteiger partial charge in [0.1, 0.15) is 5.82 Å². The van der Waals surface area contributed by atoms with Gasteiger partial charge in [0.05, 0.1) is 4.90 Å². The van der Waals surface area contributed by atoms with Crippen LogP contribution in [-0.2, 0) is 15.3 Å². The molecule has 1 unspecified atom stereocenters. The molecular formula is C20H19FO2S. The third-order valence-electron chi connectivity index (χ3n) is 4.43. The van der Waals surface area contributed by atoms with E-state index in [9.17, 15) is 12.8 Å². The predicted molar refractivity (Wildman–Crippen MR) is 95.0 cm³/mol. The first-order chi connectivity index (χ1) is 11.3. The first-order valence-corrected chi connectivity index (χ1v) is 9.63. The van der Waals surface area contributed by atoms with Crippen molar-refractivity contribution in [1.29, 1.82) is 0 Å². The van der Waals surface area contributed by atoms with E-state index in [2.05, 4.69) is 19.1 Å². The van der Waals surface area contributed by atoms with Crippen LogP contribution in [0.2, 0.25) is 0 Å². The van der Waals surface area contributed by atoms with Crippen LogP contribution in [0.4, 0.5) is 4.39 Å². The van der Waals surface area contributed by atoms with Crippen molar-refractivity contribution in [2.45, 2.75) is 23.7 Å². The zero-order chi connectivity index (χ0) is 17.4. The van der Waals surface area contributed by atoms with E-state index >= 15 is 0 Å². The number of benzene rings is 2. The van der Waals surface area contributed by atoms with Crippen molar-refractivity contribution in [2.75, 3.05) is 6.26 Å². The van der Waals surface area contributed by atoms with Crippen molar-refractivity contribution < 1.29 is 12.8 Å². The maximum Gasteiger partial charge on any atom is 0.175 e. The molecule has 24 heavy (non-hydrogen) atoms. The van der Waals surface area contributed by atoms with Gasteiger partial charge in [0.15, 0.2) is 9.84 Å². The lowest BCUT2D eigenvalue weighted by molar-refractivity contribution is 0.592. The van der Waals surface area contributed by atoms with Gasteiger partial charge in [0.2, 0.25) is 0 Å². The molecule has 124 valence electrons. The fourth-order valence-corrected chi connectivity index (χ4v) is 3.62. The van der Waals surface area contributed by atoms with Crippen molar-refractivity contribution >= 4 is 15.4 Å². The van der Waals surface area contributed by atoms with Crippen LogP contribution >= 0.6 is 0 Å². The molecule has 0 bridgehead atoms. The third kappa shape index (κ3) is 3.34. The van der Waals surface area contributed by atoms with Crippen molar-refractivity contribution in [2.24, 2.45) is 0 Å². The summed E-state index contributed by atoms with van der Waals surface area (Å²) in [7, 11) is -3.19. The molecule has 2 aromatic carbocycles. The van der Waals surface area contributed by atoms with Crippen molar-refractivity contribution in [3.63, 3.8) is 0 Å². The van der Waals surface area contributed by atoms with Crippen LogP contribution < -0.4 is 0 Å². The first kappa shape index (κ1) is 16.7. The fraction of sp³-hybridized carbons (Fsp3) is 0.200. The smallest absolute Gasteiger partial charge is 0.175 e. The summed E-state index contributed by atoms with van der Waals surface area (Å²) < 4.78 is 36.3. The van der Waals surface area contributed by atoms with Gasteiger partial charge in [-0.25, -0.2) is 12.8 Å². The van der Waals surface area contributed by atoms with E-state index in [1.54, 1.807) is 12.1 Å². The Hall–Kier alpha value is -2.20. The van der Waals surface area contributed by atoms with Crippen molar-refractivity contribution in [3.8, 4) is 0 Å². The van der Waals surface area contributed by atoms with Gasteiger partial charge in [0, 0.05) is 11.7 Å². The average molecular weight is 342 g/mol. The molecule has 1 aliphatic carbocycles. The maximum atomic E-state index is 13.2. The maximum absolute atomic E-state index is 13.2. The molecule has 0 saturated heterocycles. The quantitative estimate of drug-likeness (QED) is 0.821. The highest BCUT2D eigenvalue weighted by atomic mass is 32.2. The summed E-state index contributed by atoms with van der Waals surface area (Å²) in [6, 6.07) is 13.5. The molecule has 0 amide bonds. The molecule has 0 fully saturated rings. The Morgan fingerprint density at radius 3 is 2.21 bits per heavy atom. The first-order valence-electron chi connectivity index (χ1n) is 7.74. The summed E-state index contributed by atoms with van der Waals surface area (Å²) in [6.07, 6.45) is 8.34. The largest absolute Gasteiger partial charge is 0.224 e. The molecule has 0 heterocycles. The van der Waals surface area contributed by atoms with Gasteiger partial charge in [-0.05, 0) is 47.4 Å². The van der Waals surface area contributed by atoms with Gasteiger partial charge in [-0.15, -0.1) is 0 Å². The summed E-state index contributed by atoms with van der Waals surface area (Å²) in [5.41, 5.74) is 2.84. The van der Waals surface area contributed by atoms with Crippen molar-refractivity contribution in [1.82, 2.24) is 0 Å². The SMILES string of the molecule is CC1(c2ccc(F)cc2)C=C(c2ccc(S(C)(=O)=O)cc2)C=CC1. The lowest BCUT2D eigenvalue weighted by Crippen LogP contribution is -2.20. The Kier molecular flexibility index (Phi) is 4.18. The minimum atomic E-state index is -3.19. The van der Waals surface area contributed by atoms with Gasteiger partial charge in [-0.1, -0.05) is 49.4 Å². The highest BCUT2D eigenvalue weighted by Gasteiger charge is 2.26. The summed E-state index contributed by atoms with van der Waals surface area (Å²) in [4.78, 5) is 0.313. The number of halogens is 1. The summed E-state index contributed by atoms with van der Waals surface area (Å²) >= 11 is 0. The minimum Gasteiger partial charge on any atom is -0.224 e. The van der Waals surface area contributed by atoms with Gasteiger partial charge in [0.25, 0.3) is 0 Å². The Morgan fingerprint density at radius 1 is 1.00 bits per heavy atom. The van der Waals surface area contributed by atoms with Crippen LogP contribution in [-0.4, -0.2) is 14.7 Å². The molecular weight excluding hydrogens is 323 g/mol. The Bertz CT molecular complexity index is 907. The molecule has 0 saturated carbocycles. The average Bonchev–Trinajstić information content (AvgIpc) is 2.55. The van der Waals surface area contributed by atoms with E-state index in [1.165, 1.54) is 18.4 Å². The molecule has 2 aromatic rings. The normalized spacial score (nSPS) is 20.7. The monoisotopic (exact) mass is 342 g/mol. The van der Waals surface area contributed by atoms with E-state index in [0.29, 0.717) is 4.90 Å². The lowest BCUT2D eigenvalue weighted by Gasteiger charge is -2.29. The summed E-state index contributed by atoms with van der Waals surface area (Å²) in [5.74, 6) is -0.241. The van der Waals surface area contributed by atoms with Gasteiger partial charge in [-0.3, -0.25) is 0 Å². The zero-order valence-electron chi connectivity index (χ0n) is 13.7.